The highest BCUT2D eigenvalue weighted by Crippen LogP contribution is 2.09. The first-order valence-electron chi connectivity index (χ1n) is 8.42. The fourth-order valence-electron chi connectivity index (χ4n) is 2.53. The Morgan fingerprint density at radius 2 is 2.00 bits per heavy atom. The lowest BCUT2D eigenvalue weighted by molar-refractivity contribution is -0.131. The summed E-state index contributed by atoms with van der Waals surface area (Å²) < 4.78 is 0. The fraction of sp³-hybridized carbons (Fsp3) is 0.250. The Hall–Kier alpha value is -2.99. The molecule has 0 fully saturated rings. The summed E-state index contributed by atoms with van der Waals surface area (Å²) in [7, 11) is 2.05. The van der Waals surface area contributed by atoms with E-state index in [1.165, 1.54) is 24.0 Å². The van der Waals surface area contributed by atoms with Gasteiger partial charge in [-0.15, -0.1) is 0 Å². The van der Waals surface area contributed by atoms with Gasteiger partial charge in [0.15, 0.2) is 0 Å². The number of hydrogen-bond donors (Lipinski definition) is 2. The molecule has 2 rings (SSSR count). The Bertz CT molecular complexity index is 760. The molecule has 0 atom stereocenters. The summed E-state index contributed by atoms with van der Waals surface area (Å²) in [6, 6.07) is 11.8. The van der Waals surface area contributed by atoms with E-state index in [1.54, 1.807) is 6.07 Å². The summed E-state index contributed by atoms with van der Waals surface area (Å²) in [5.41, 5.74) is 2.15. The molecule has 0 saturated carbocycles. The van der Waals surface area contributed by atoms with Gasteiger partial charge in [-0.2, -0.15) is 0 Å². The Kier molecular flexibility index (Phi) is 7.51. The number of nitrogens with one attached hydrogen (secondary N) is 1. The predicted molar refractivity (Wildman–Crippen MR) is 101 cm³/mol. The monoisotopic (exact) mass is 353 g/mol. The first-order valence-corrected chi connectivity index (χ1v) is 8.42. The van der Waals surface area contributed by atoms with E-state index in [2.05, 4.69) is 27.3 Å². The van der Waals surface area contributed by atoms with Gasteiger partial charge in [0.2, 0.25) is 0 Å². The quantitative estimate of drug-likeness (QED) is 0.534. The Morgan fingerprint density at radius 3 is 2.73 bits per heavy atom. The second kappa shape index (κ2) is 10.1. The zero-order chi connectivity index (χ0) is 18.8. The Morgan fingerprint density at radius 1 is 1.23 bits per heavy atom. The van der Waals surface area contributed by atoms with Gasteiger partial charge in [0.1, 0.15) is 0 Å². The van der Waals surface area contributed by atoms with E-state index in [-0.39, 0.29) is 5.91 Å². The first-order chi connectivity index (χ1) is 12.6. The molecule has 0 unspecified atom stereocenters. The minimum atomic E-state index is -1.07. The third kappa shape index (κ3) is 6.49. The summed E-state index contributed by atoms with van der Waals surface area (Å²) in [6.45, 7) is 2.27. The summed E-state index contributed by atoms with van der Waals surface area (Å²) in [4.78, 5) is 29.1. The summed E-state index contributed by atoms with van der Waals surface area (Å²) in [6.07, 6.45) is 6.17. The van der Waals surface area contributed by atoms with Crippen LogP contribution in [0.25, 0.3) is 6.08 Å². The molecule has 0 radical (unpaired) electrons. The first kappa shape index (κ1) is 19.3. The lowest BCUT2D eigenvalue weighted by Gasteiger charge is -2.16. The van der Waals surface area contributed by atoms with E-state index < -0.39 is 5.97 Å². The van der Waals surface area contributed by atoms with Crippen LogP contribution >= 0.6 is 0 Å². The second-order valence-electron chi connectivity index (χ2n) is 5.97. The highest BCUT2D eigenvalue weighted by atomic mass is 16.4. The molecular formula is C20H23N3O3. The van der Waals surface area contributed by atoms with Gasteiger partial charge in [-0.3, -0.25) is 9.78 Å². The Balaban J connectivity index is 1.79. The van der Waals surface area contributed by atoms with E-state index >= 15 is 0 Å². The van der Waals surface area contributed by atoms with Crippen molar-refractivity contribution in [3.8, 4) is 0 Å². The molecule has 6 nitrogen and oxygen atoms in total. The minimum Gasteiger partial charge on any atom is -0.478 e. The van der Waals surface area contributed by atoms with Crippen molar-refractivity contribution in [3.63, 3.8) is 0 Å². The van der Waals surface area contributed by atoms with Crippen molar-refractivity contribution in [1.29, 1.82) is 0 Å². The van der Waals surface area contributed by atoms with Gasteiger partial charge >= 0.3 is 5.97 Å². The smallest absolute Gasteiger partial charge is 0.328 e. The zero-order valence-corrected chi connectivity index (χ0v) is 14.8. The molecule has 1 aromatic heterocycles. The lowest BCUT2D eigenvalue weighted by atomic mass is 10.1. The van der Waals surface area contributed by atoms with Gasteiger partial charge in [0.25, 0.3) is 5.91 Å². The van der Waals surface area contributed by atoms with Gasteiger partial charge in [-0.25, -0.2) is 4.79 Å². The lowest BCUT2D eigenvalue weighted by Crippen LogP contribution is -2.28. The van der Waals surface area contributed by atoms with Crippen LogP contribution in [-0.4, -0.2) is 47.0 Å². The van der Waals surface area contributed by atoms with Crippen molar-refractivity contribution < 1.29 is 14.7 Å². The van der Waals surface area contributed by atoms with Crippen LogP contribution in [0.5, 0.6) is 0 Å². The molecule has 0 aliphatic carbocycles. The van der Waals surface area contributed by atoms with Gasteiger partial charge in [0.05, 0.1) is 0 Å². The predicted octanol–water partition coefficient (Wildman–Crippen LogP) is 2.43. The molecule has 26 heavy (non-hydrogen) atoms. The van der Waals surface area contributed by atoms with Crippen LogP contribution in [0.2, 0.25) is 0 Å². The van der Waals surface area contributed by atoms with Crippen molar-refractivity contribution in [2.24, 2.45) is 0 Å². The number of aromatic nitrogens is 1. The number of carbonyl (C=O) groups excluding carboxylic acids is 1. The van der Waals surface area contributed by atoms with Crippen molar-refractivity contribution in [2.75, 3.05) is 20.1 Å². The van der Waals surface area contributed by atoms with E-state index in [0.29, 0.717) is 17.7 Å². The number of hydrogen-bond acceptors (Lipinski definition) is 4. The average Bonchev–Trinajstić information content (AvgIpc) is 2.64. The van der Waals surface area contributed by atoms with E-state index in [9.17, 15) is 9.59 Å². The summed E-state index contributed by atoms with van der Waals surface area (Å²) in [5.74, 6) is -1.30. The molecule has 0 aliphatic heterocycles. The van der Waals surface area contributed by atoms with Gasteiger partial charge in [0, 0.05) is 42.7 Å². The van der Waals surface area contributed by atoms with Crippen LogP contribution in [0.1, 0.15) is 27.9 Å². The number of benzene rings is 1. The normalized spacial score (nSPS) is 11.0. The van der Waals surface area contributed by atoms with Crippen molar-refractivity contribution in [2.45, 2.75) is 13.0 Å². The SMILES string of the molecule is CN(CCCNC(=O)c1ccncc1/C=C/C(=O)O)Cc1ccccc1. The van der Waals surface area contributed by atoms with Crippen LogP contribution in [0.4, 0.5) is 0 Å². The second-order valence-corrected chi connectivity index (χ2v) is 5.97. The molecule has 1 aromatic carbocycles. The number of amides is 1. The number of rotatable bonds is 9. The third-order valence-corrected chi connectivity index (χ3v) is 3.80. The van der Waals surface area contributed by atoms with E-state index in [4.69, 9.17) is 5.11 Å². The minimum absolute atomic E-state index is 0.233. The molecule has 0 aliphatic rings. The Labute approximate surface area is 153 Å². The maximum absolute atomic E-state index is 12.3. The van der Waals surface area contributed by atoms with Gasteiger partial charge in [-0.05, 0) is 37.7 Å². The number of carboxylic acids is 1. The average molecular weight is 353 g/mol. The molecule has 2 aromatic rings. The molecule has 136 valence electrons. The molecule has 1 amide bonds. The zero-order valence-electron chi connectivity index (χ0n) is 14.8. The molecule has 0 spiro atoms. The molecule has 0 saturated heterocycles. The molecule has 0 bridgehead atoms. The van der Waals surface area contributed by atoms with E-state index in [0.717, 1.165) is 25.6 Å². The van der Waals surface area contributed by atoms with Crippen LogP contribution in [-0.2, 0) is 11.3 Å². The standard InChI is InChI=1S/C20H23N3O3/c1-23(15-16-6-3-2-4-7-16)13-5-11-22-20(26)18-10-12-21-14-17(18)8-9-19(24)25/h2-4,6-10,12,14H,5,11,13,15H2,1H3,(H,22,26)(H,24,25)/b9-8+. The number of carboxylic acid groups (broad SMARTS) is 1. The topological polar surface area (TPSA) is 82.5 Å². The number of pyridine rings is 1. The molecule has 2 N–H and O–H groups in total. The van der Waals surface area contributed by atoms with Gasteiger partial charge < -0.3 is 15.3 Å². The molecular weight excluding hydrogens is 330 g/mol. The summed E-state index contributed by atoms with van der Waals surface area (Å²) in [5, 5.41) is 11.6. The number of carbonyl (C=O) groups is 2. The van der Waals surface area contributed by atoms with Crippen LogP contribution < -0.4 is 5.32 Å². The van der Waals surface area contributed by atoms with Crippen molar-refractivity contribution >= 4 is 18.0 Å². The van der Waals surface area contributed by atoms with Gasteiger partial charge in [-0.1, -0.05) is 30.3 Å². The fourth-order valence-corrected chi connectivity index (χ4v) is 2.53. The summed E-state index contributed by atoms with van der Waals surface area (Å²) >= 11 is 0. The maximum atomic E-state index is 12.3. The van der Waals surface area contributed by atoms with E-state index in [1.807, 2.05) is 25.2 Å². The number of aliphatic carboxylic acids is 1. The van der Waals surface area contributed by atoms with Crippen molar-refractivity contribution in [1.82, 2.24) is 15.2 Å². The molecule has 6 heteroatoms. The van der Waals surface area contributed by atoms with Crippen LogP contribution in [0.3, 0.4) is 0 Å². The largest absolute Gasteiger partial charge is 0.478 e. The highest BCUT2D eigenvalue weighted by Gasteiger charge is 2.09. The van der Waals surface area contributed by atoms with Crippen LogP contribution in [0.15, 0.2) is 54.9 Å². The van der Waals surface area contributed by atoms with Crippen LogP contribution in [0, 0.1) is 0 Å². The maximum Gasteiger partial charge on any atom is 0.328 e. The number of nitrogens with zero attached hydrogens (tertiary/aromatic N) is 2. The van der Waals surface area contributed by atoms with Crippen molar-refractivity contribution in [3.05, 3.63) is 71.6 Å². The molecule has 1 heterocycles. The third-order valence-electron chi connectivity index (χ3n) is 3.80. The highest BCUT2D eigenvalue weighted by molar-refractivity contribution is 5.98.